The van der Waals surface area contributed by atoms with Gasteiger partial charge in [0, 0.05) is 29.3 Å². The van der Waals surface area contributed by atoms with Crippen molar-refractivity contribution < 1.29 is 27.3 Å². The molecule has 0 atom stereocenters. The molecule has 39 heavy (non-hydrogen) atoms. The number of amides is 1. The maximum atomic E-state index is 13.4. The number of benzene rings is 2. The molecule has 11 heteroatoms. The third-order valence-electron chi connectivity index (χ3n) is 6.77. The Kier molecular flexibility index (Phi) is 6.85. The molecule has 2 aromatic carbocycles. The Balaban J connectivity index is 1.35. The number of H-pyrrole nitrogens is 1. The van der Waals surface area contributed by atoms with Crippen molar-refractivity contribution in [2.45, 2.75) is 38.3 Å². The van der Waals surface area contributed by atoms with Crippen LogP contribution in [0.3, 0.4) is 0 Å². The van der Waals surface area contributed by atoms with Crippen molar-refractivity contribution in [3.8, 4) is 22.8 Å². The number of hydroxylamine groups is 2. The highest BCUT2D eigenvalue weighted by Gasteiger charge is 2.48. The standard InChI is InChI=1S/C28H25F3N4O4/c1-27(2,28(29,30)31)22-9-7-18(8-10-22)23-33-25(39-34-23)21-15-20(24(36)32-16-21)14-17-5-3-6-19(13-17)26(37)35-11-4-12-38-35/h3,5-10,13,15-16H,4,11-12,14H2,1-2H3,(H,32,36). The van der Waals surface area contributed by atoms with Gasteiger partial charge in [-0.3, -0.25) is 14.4 Å². The van der Waals surface area contributed by atoms with Crippen molar-refractivity contribution in [1.82, 2.24) is 20.2 Å². The summed E-state index contributed by atoms with van der Waals surface area (Å²) in [7, 11) is 0. The number of hydrogen-bond acceptors (Lipinski definition) is 6. The van der Waals surface area contributed by atoms with Gasteiger partial charge in [-0.2, -0.15) is 18.2 Å². The van der Waals surface area contributed by atoms with Crippen LogP contribution in [0.15, 0.2) is 70.1 Å². The van der Waals surface area contributed by atoms with E-state index < -0.39 is 11.6 Å². The maximum absolute atomic E-state index is 13.4. The average Bonchev–Trinajstić information content (AvgIpc) is 3.62. The molecular formula is C28H25F3N4O4. The molecule has 1 aliphatic heterocycles. The number of carbonyl (C=O) groups excluding carboxylic acids is 1. The number of nitrogens with one attached hydrogen (secondary N) is 1. The molecule has 1 amide bonds. The molecule has 0 aliphatic carbocycles. The fourth-order valence-corrected chi connectivity index (χ4v) is 4.23. The molecule has 3 heterocycles. The Bertz CT molecular complexity index is 1550. The van der Waals surface area contributed by atoms with E-state index in [4.69, 9.17) is 9.36 Å². The highest BCUT2D eigenvalue weighted by atomic mass is 19.4. The molecule has 8 nitrogen and oxygen atoms in total. The van der Waals surface area contributed by atoms with E-state index >= 15 is 0 Å². The Morgan fingerprint density at radius 2 is 1.85 bits per heavy atom. The van der Waals surface area contributed by atoms with Crippen LogP contribution in [0.25, 0.3) is 22.8 Å². The third kappa shape index (κ3) is 5.35. The summed E-state index contributed by atoms with van der Waals surface area (Å²) in [6.45, 7) is 3.29. The summed E-state index contributed by atoms with van der Waals surface area (Å²) in [6.07, 6.45) is -1.91. The number of halogens is 3. The van der Waals surface area contributed by atoms with Crippen molar-refractivity contribution in [3.05, 3.63) is 93.4 Å². The van der Waals surface area contributed by atoms with Crippen LogP contribution in [0.5, 0.6) is 0 Å². The minimum Gasteiger partial charge on any atom is -0.334 e. The van der Waals surface area contributed by atoms with Gasteiger partial charge in [-0.05, 0) is 49.6 Å². The van der Waals surface area contributed by atoms with E-state index in [-0.39, 0.29) is 35.2 Å². The van der Waals surface area contributed by atoms with E-state index in [0.717, 1.165) is 25.8 Å². The number of carbonyl (C=O) groups is 1. The lowest BCUT2D eigenvalue weighted by Gasteiger charge is -2.28. The molecule has 1 aliphatic rings. The number of aromatic nitrogens is 3. The van der Waals surface area contributed by atoms with E-state index in [1.807, 2.05) is 6.07 Å². The minimum absolute atomic E-state index is 0.117. The Morgan fingerprint density at radius 1 is 1.08 bits per heavy atom. The van der Waals surface area contributed by atoms with Crippen LogP contribution in [0.2, 0.25) is 0 Å². The molecular weight excluding hydrogens is 513 g/mol. The van der Waals surface area contributed by atoms with E-state index in [9.17, 15) is 22.8 Å². The van der Waals surface area contributed by atoms with Gasteiger partial charge >= 0.3 is 6.18 Å². The number of pyridine rings is 1. The zero-order valence-electron chi connectivity index (χ0n) is 21.2. The number of aromatic amines is 1. The van der Waals surface area contributed by atoms with Gasteiger partial charge in [-0.25, -0.2) is 5.06 Å². The summed E-state index contributed by atoms with van der Waals surface area (Å²) in [5, 5.41) is 5.29. The van der Waals surface area contributed by atoms with Crippen LogP contribution < -0.4 is 5.56 Å². The molecule has 0 spiro atoms. The predicted octanol–water partition coefficient (Wildman–Crippen LogP) is 5.30. The largest absolute Gasteiger partial charge is 0.397 e. The molecule has 0 saturated carbocycles. The van der Waals surface area contributed by atoms with Gasteiger partial charge in [0.25, 0.3) is 17.4 Å². The van der Waals surface area contributed by atoms with Crippen LogP contribution in [0.4, 0.5) is 13.2 Å². The average molecular weight is 539 g/mol. The highest BCUT2D eigenvalue weighted by molar-refractivity contribution is 5.93. The van der Waals surface area contributed by atoms with Crippen molar-refractivity contribution in [3.63, 3.8) is 0 Å². The van der Waals surface area contributed by atoms with Crippen LogP contribution in [-0.2, 0) is 16.7 Å². The number of hydrogen-bond donors (Lipinski definition) is 1. The smallest absolute Gasteiger partial charge is 0.334 e. The van der Waals surface area contributed by atoms with Crippen LogP contribution in [-0.4, -0.2) is 45.4 Å². The van der Waals surface area contributed by atoms with E-state index in [1.54, 1.807) is 24.3 Å². The molecule has 1 N–H and O–H groups in total. The van der Waals surface area contributed by atoms with Crippen molar-refractivity contribution in [2.24, 2.45) is 0 Å². The lowest BCUT2D eigenvalue weighted by molar-refractivity contribution is -0.180. The summed E-state index contributed by atoms with van der Waals surface area (Å²) in [5.41, 5.74) is 0.412. The number of rotatable bonds is 6. The van der Waals surface area contributed by atoms with E-state index in [2.05, 4.69) is 15.1 Å². The van der Waals surface area contributed by atoms with E-state index in [1.165, 1.54) is 35.5 Å². The fraction of sp³-hybridized carbons (Fsp3) is 0.286. The highest BCUT2D eigenvalue weighted by Crippen LogP contribution is 2.40. The molecule has 2 aromatic heterocycles. The Labute approximate surface area is 221 Å². The first-order valence-corrected chi connectivity index (χ1v) is 12.3. The lowest BCUT2D eigenvalue weighted by atomic mass is 9.83. The number of alkyl halides is 3. The first kappa shape index (κ1) is 26.4. The van der Waals surface area contributed by atoms with E-state index in [0.29, 0.717) is 35.4 Å². The molecule has 0 bridgehead atoms. The zero-order valence-corrected chi connectivity index (χ0v) is 21.2. The first-order chi connectivity index (χ1) is 18.5. The second kappa shape index (κ2) is 10.1. The molecule has 5 rings (SSSR count). The van der Waals surface area contributed by atoms with Crippen molar-refractivity contribution in [2.75, 3.05) is 13.2 Å². The fourth-order valence-electron chi connectivity index (χ4n) is 4.23. The lowest BCUT2D eigenvalue weighted by Crippen LogP contribution is -2.36. The summed E-state index contributed by atoms with van der Waals surface area (Å²) in [4.78, 5) is 37.6. The van der Waals surface area contributed by atoms with Crippen molar-refractivity contribution in [1.29, 1.82) is 0 Å². The molecule has 0 unspecified atom stereocenters. The van der Waals surface area contributed by atoms with Gasteiger partial charge in [-0.15, -0.1) is 0 Å². The number of nitrogens with zero attached hydrogens (tertiary/aromatic N) is 3. The SMILES string of the molecule is CC(C)(c1ccc(-c2noc(-c3c[nH]c(=O)c(Cc4cccc(C(=O)N5CCCO5)c4)c3)n2)cc1)C(F)(F)F. The molecule has 1 fully saturated rings. The molecule has 4 aromatic rings. The van der Waals surface area contributed by atoms with Gasteiger partial charge in [0.15, 0.2) is 0 Å². The zero-order chi connectivity index (χ0) is 27.8. The van der Waals surface area contributed by atoms with Gasteiger partial charge in [0.1, 0.15) is 0 Å². The second-order valence-electron chi connectivity index (χ2n) is 9.84. The summed E-state index contributed by atoms with van der Waals surface area (Å²) in [5.74, 6) is 0.104. The van der Waals surface area contributed by atoms with Gasteiger partial charge in [-0.1, -0.05) is 41.6 Å². The first-order valence-electron chi connectivity index (χ1n) is 12.3. The molecule has 0 radical (unpaired) electrons. The van der Waals surface area contributed by atoms with Crippen LogP contribution in [0, 0.1) is 0 Å². The molecule has 202 valence electrons. The normalized spacial score (nSPS) is 14.1. The topological polar surface area (TPSA) is 101 Å². The summed E-state index contributed by atoms with van der Waals surface area (Å²) < 4.78 is 45.5. The second-order valence-corrected chi connectivity index (χ2v) is 9.84. The van der Waals surface area contributed by atoms with Gasteiger partial charge < -0.3 is 9.51 Å². The third-order valence-corrected chi connectivity index (χ3v) is 6.77. The van der Waals surface area contributed by atoms with Crippen LogP contribution in [0.1, 0.15) is 47.3 Å². The summed E-state index contributed by atoms with van der Waals surface area (Å²) in [6, 6.07) is 14.4. The minimum atomic E-state index is -4.39. The van der Waals surface area contributed by atoms with Crippen LogP contribution >= 0.6 is 0 Å². The van der Waals surface area contributed by atoms with Gasteiger partial charge in [0.2, 0.25) is 5.82 Å². The van der Waals surface area contributed by atoms with Crippen molar-refractivity contribution >= 4 is 5.91 Å². The molecule has 1 saturated heterocycles. The Morgan fingerprint density at radius 3 is 2.54 bits per heavy atom. The predicted molar refractivity (Wildman–Crippen MR) is 136 cm³/mol. The summed E-state index contributed by atoms with van der Waals surface area (Å²) >= 11 is 0. The Hall–Kier alpha value is -4.25. The maximum Gasteiger partial charge on any atom is 0.397 e. The monoisotopic (exact) mass is 538 g/mol. The quantitative estimate of drug-likeness (QED) is 0.358. The van der Waals surface area contributed by atoms with Gasteiger partial charge in [0.05, 0.1) is 24.1 Å².